The van der Waals surface area contributed by atoms with Crippen molar-refractivity contribution in [2.75, 3.05) is 28.3 Å². The average molecular weight is 502 g/mol. The first-order chi connectivity index (χ1) is 12.9. The number of halogens is 2. The van der Waals surface area contributed by atoms with Crippen molar-refractivity contribution in [3.8, 4) is 11.5 Å². The molecule has 0 atom stereocenters. The van der Waals surface area contributed by atoms with Crippen molar-refractivity contribution >= 4 is 29.9 Å². The molecule has 0 amide bonds. The quantitative estimate of drug-likeness (QED) is 0.330. The van der Waals surface area contributed by atoms with E-state index in [9.17, 15) is 4.39 Å². The lowest BCUT2D eigenvalue weighted by molar-refractivity contribution is 0.354. The number of methoxy groups -OCH3 is 2. The summed E-state index contributed by atoms with van der Waals surface area (Å²) in [5.41, 5.74) is 8.48. The monoisotopic (exact) mass is 502 g/mol. The van der Waals surface area contributed by atoms with E-state index in [4.69, 9.17) is 15.2 Å². The van der Waals surface area contributed by atoms with Gasteiger partial charge in [-0.1, -0.05) is 12.1 Å². The zero-order chi connectivity index (χ0) is 19.8. The normalized spacial score (nSPS) is 11.1. The summed E-state index contributed by atoms with van der Waals surface area (Å²) in [5.74, 6) is 1.44. The lowest BCUT2D eigenvalue weighted by Gasteiger charge is -2.12. The largest absolute Gasteiger partial charge is 0.493 e. The molecule has 2 rings (SSSR count). The third-order valence-electron chi connectivity index (χ3n) is 3.95. The smallest absolute Gasteiger partial charge is 0.189 e. The second-order valence-electron chi connectivity index (χ2n) is 6.41. The second kappa shape index (κ2) is 11.7. The van der Waals surface area contributed by atoms with E-state index < -0.39 is 0 Å². The Balaban J connectivity index is 0.00000392. The highest BCUT2D eigenvalue weighted by Gasteiger charge is 2.06. The Kier molecular flexibility index (Phi) is 10.0. The van der Waals surface area contributed by atoms with Crippen molar-refractivity contribution in [3.63, 3.8) is 0 Å². The molecule has 0 unspecified atom stereocenters. The van der Waals surface area contributed by atoms with Crippen LogP contribution in [-0.2, 0) is 19.6 Å². The lowest BCUT2D eigenvalue weighted by atomic mass is 10.1. The van der Waals surface area contributed by atoms with Crippen LogP contribution in [-0.4, -0.2) is 39.2 Å². The Morgan fingerprint density at radius 1 is 1.07 bits per heavy atom. The highest BCUT2D eigenvalue weighted by atomic mass is 127. The molecule has 0 aliphatic heterocycles. The molecule has 0 spiro atoms. The minimum atomic E-state index is -0.212. The summed E-state index contributed by atoms with van der Waals surface area (Å²) in [4.78, 5) is 6.25. The van der Waals surface area contributed by atoms with Gasteiger partial charge in [0.2, 0.25) is 0 Å². The summed E-state index contributed by atoms with van der Waals surface area (Å²) < 4.78 is 24.3. The maximum absolute atomic E-state index is 13.8. The fraction of sp³-hybridized carbons (Fsp3) is 0.350. The highest BCUT2D eigenvalue weighted by molar-refractivity contribution is 14.0. The minimum absolute atomic E-state index is 0. The Morgan fingerprint density at radius 2 is 1.75 bits per heavy atom. The van der Waals surface area contributed by atoms with Crippen LogP contribution in [0.3, 0.4) is 0 Å². The molecule has 2 aromatic rings. The first-order valence-electron chi connectivity index (χ1n) is 8.59. The number of rotatable bonds is 8. The zero-order valence-electron chi connectivity index (χ0n) is 16.7. The molecule has 0 fully saturated rings. The van der Waals surface area contributed by atoms with Crippen molar-refractivity contribution in [1.29, 1.82) is 0 Å². The van der Waals surface area contributed by atoms with Crippen LogP contribution in [0.2, 0.25) is 0 Å². The molecule has 8 heteroatoms. The molecule has 0 aliphatic carbocycles. The van der Waals surface area contributed by atoms with Gasteiger partial charge < -0.3 is 25.4 Å². The molecule has 0 bridgehead atoms. The van der Waals surface area contributed by atoms with E-state index in [2.05, 4.69) is 10.3 Å². The molecule has 0 aromatic heterocycles. The summed E-state index contributed by atoms with van der Waals surface area (Å²) in [6.45, 7) is 1.42. The molecule has 0 radical (unpaired) electrons. The van der Waals surface area contributed by atoms with Gasteiger partial charge in [-0.15, -0.1) is 24.0 Å². The Morgan fingerprint density at radius 3 is 2.39 bits per heavy atom. The molecule has 2 aromatic carbocycles. The molecular weight excluding hydrogens is 474 g/mol. The van der Waals surface area contributed by atoms with Gasteiger partial charge in [-0.05, 0) is 49.5 Å². The van der Waals surface area contributed by atoms with Crippen LogP contribution < -0.4 is 20.5 Å². The zero-order valence-corrected chi connectivity index (χ0v) is 19.0. The molecular formula is C20H28FIN4O2. The fourth-order valence-electron chi connectivity index (χ4n) is 2.60. The van der Waals surface area contributed by atoms with Gasteiger partial charge in [0, 0.05) is 18.7 Å². The number of nitrogens with zero attached hydrogens (tertiary/aromatic N) is 2. The van der Waals surface area contributed by atoms with E-state index in [1.165, 1.54) is 6.07 Å². The Bertz CT molecular complexity index is 800. The van der Waals surface area contributed by atoms with E-state index in [1.54, 1.807) is 20.3 Å². The summed E-state index contributed by atoms with van der Waals surface area (Å²) in [7, 11) is 7.00. The number of ether oxygens (including phenoxy) is 2. The number of benzene rings is 2. The number of guanidine groups is 1. The van der Waals surface area contributed by atoms with Crippen LogP contribution in [0.15, 0.2) is 41.4 Å². The second-order valence-corrected chi connectivity index (χ2v) is 6.41. The highest BCUT2D eigenvalue weighted by Crippen LogP contribution is 2.27. The standard InChI is InChI=1S/C20H27FN4O2.HI/c1-25(2)13-16-9-14(5-7-17(16)21)11-23-20(22)24-12-15-6-8-18(26-3)19(10-15)27-4;/h5-10H,11-13H2,1-4H3,(H3,22,23,24);1H. The number of aliphatic imine (C=N–C) groups is 1. The first kappa shape index (κ1) is 24.0. The maximum Gasteiger partial charge on any atom is 0.189 e. The number of hydrogen-bond donors (Lipinski definition) is 2. The summed E-state index contributed by atoms with van der Waals surface area (Å²) in [6.07, 6.45) is 0. The number of nitrogens with two attached hydrogens (primary N) is 1. The first-order valence-corrected chi connectivity index (χ1v) is 8.59. The van der Waals surface area contributed by atoms with Crippen LogP contribution in [0.4, 0.5) is 4.39 Å². The van der Waals surface area contributed by atoms with Gasteiger partial charge in [0.25, 0.3) is 0 Å². The van der Waals surface area contributed by atoms with Crippen LogP contribution in [0.25, 0.3) is 0 Å². The maximum atomic E-state index is 13.8. The molecule has 0 aliphatic rings. The van der Waals surface area contributed by atoms with Gasteiger partial charge in [-0.25, -0.2) is 9.38 Å². The van der Waals surface area contributed by atoms with Crippen molar-refractivity contribution < 1.29 is 13.9 Å². The van der Waals surface area contributed by atoms with E-state index in [1.807, 2.05) is 43.3 Å². The fourth-order valence-corrected chi connectivity index (χ4v) is 2.60. The lowest BCUT2D eigenvalue weighted by Crippen LogP contribution is -2.31. The van der Waals surface area contributed by atoms with Gasteiger partial charge in [-0.2, -0.15) is 0 Å². The molecule has 0 saturated carbocycles. The summed E-state index contributed by atoms with van der Waals surface area (Å²) >= 11 is 0. The van der Waals surface area contributed by atoms with Crippen LogP contribution in [0, 0.1) is 5.82 Å². The predicted molar refractivity (Wildman–Crippen MR) is 121 cm³/mol. The van der Waals surface area contributed by atoms with Gasteiger partial charge in [0.15, 0.2) is 17.5 Å². The van der Waals surface area contributed by atoms with Gasteiger partial charge in [-0.3, -0.25) is 0 Å². The van der Waals surface area contributed by atoms with Crippen LogP contribution >= 0.6 is 24.0 Å². The van der Waals surface area contributed by atoms with Gasteiger partial charge >= 0.3 is 0 Å². The third-order valence-corrected chi connectivity index (χ3v) is 3.95. The Hall–Kier alpha value is -2.07. The van der Waals surface area contributed by atoms with E-state index in [-0.39, 0.29) is 29.8 Å². The Labute approximate surface area is 182 Å². The molecule has 3 N–H and O–H groups in total. The predicted octanol–water partition coefficient (Wildman–Crippen LogP) is 3.13. The van der Waals surface area contributed by atoms with Crippen LogP contribution in [0.5, 0.6) is 11.5 Å². The van der Waals surface area contributed by atoms with Crippen LogP contribution in [0.1, 0.15) is 16.7 Å². The molecule has 6 nitrogen and oxygen atoms in total. The van der Waals surface area contributed by atoms with E-state index >= 15 is 0 Å². The minimum Gasteiger partial charge on any atom is -0.493 e. The molecule has 28 heavy (non-hydrogen) atoms. The van der Waals surface area contributed by atoms with Crippen molar-refractivity contribution in [2.45, 2.75) is 19.6 Å². The van der Waals surface area contributed by atoms with Crippen molar-refractivity contribution in [2.24, 2.45) is 10.7 Å². The van der Waals surface area contributed by atoms with Gasteiger partial charge in [0.1, 0.15) is 5.82 Å². The summed E-state index contributed by atoms with van der Waals surface area (Å²) in [5, 5.41) is 3.07. The summed E-state index contributed by atoms with van der Waals surface area (Å²) in [6, 6.07) is 10.7. The third kappa shape index (κ3) is 7.16. The average Bonchev–Trinajstić information content (AvgIpc) is 2.66. The molecule has 0 saturated heterocycles. The van der Waals surface area contributed by atoms with E-state index in [0.717, 1.165) is 11.1 Å². The van der Waals surface area contributed by atoms with E-state index in [0.29, 0.717) is 42.7 Å². The van der Waals surface area contributed by atoms with Crippen molar-refractivity contribution in [3.05, 3.63) is 58.9 Å². The van der Waals surface area contributed by atoms with Gasteiger partial charge in [0.05, 0.1) is 20.8 Å². The number of hydrogen-bond acceptors (Lipinski definition) is 4. The van der Waals surface area contributed by atoms with Crippen molar-refractivity contribution in [1.82, 2.24) is 10.2 Å². The SMILES string of the molecule is COc1ccc(CNC(N)=NCc2ccc(F)c(CN(C)C)c2)cc1OC.I. The molecule has 154 valence electrons. The molecule has 0 heterocycles. The number of nitrogens with one attached hydrogen (secondary N) is 1. The topological polar surface area (TPSA) is 72.1 Å².